The third kappa shape index (κ3) is 3.37. The van der Waals surface area contributed by atoms with E-state index in [0.717, 1.165) is 22.6 Å². The maximum Gasteiger partial charge on any atom is 0.134 e. The van der Waals surface area contributed by atoms with Gasteiger partial charge in [0.1, 0.15) is 17.3 Å². The lowest BCUT2D eigenvalue weighted by Crippen LogP contribution is -1.99. The van der Waals surface area contributed by atoms with E-state index in [9.17, 15) is 0 Å². The molecule has 5 nitrogen and oxygen atoms in total. The van der Waals surface area contributed by atoms with Crippen molar-refractivity contribution in [3.05, 3.63) is 96.2 Å². The van der Waals surface area contributed by atoms with Crippen LogP contribution in [0.4, 0.5) is 8.78 Å². The minimum Gasteiger partial charge on any atom is -0.282 e. The molecule has 0 fully saturated rings. The molecule has 1 N–H and O–H groups in total. The van der Waals surface area contributed by atoms with Crippen LogP contribution in [0.3, 0.4) is 0 Å². The van der Waals surface area contributed by atoms with Gasteiger partial charge in [-0.3, -0.25) is 10.1 Å². The molecule has 158 valence electrons. The van der Waals surface area contributed by atoms with Crippen molar-refractivity contribution in [2.45, 2.75) is 13.8 Å². The van der Waals surface area contributed by atoms with E-state index in [4.69, 9.17) is 0 Å². The highest BCUT2D eigenvalue weighted by Gasteiger charge is 2.20. The van der Waals surface area contributed by atoms with Crippen LogP contribution in [0.2, 0.25) is 0 Å². The van der Waals surface area contributed by atoms with Crippen LogP contribution in [0, 0.1) is 25.5 Å². The Morgan fingerprint density at radius 3 is 2.22 bits per heavy atom. The average Bonchev–Trinajstić information content (AvgIpc) is 3.39. The van der Waals surface area contributed by atoms with Gasteiger partial charge in [-0.25, -0.2) is 13.5 Å². The summed E-state index contributed by atoms with van der Waals surface area (Å²) in [4.78, 5) is 4.02. The van der Waals surface area contributed by atoms with E-state index in [1.54, 1.807) is 41.5 Å². The molecule has 5 aromatic rings. The predicted molar refractivity (Wildman–Crippen MR) is 119 cm³/mol. The second-order valence-electron chi connectivity index (χ2n) is 7.56. The van der Waals surface area contributed by atoms with Gasteiger partial charge in [-0.1, -0.05) is 12.1 Å². The van der Waals surface area contributed by atoms with Gasteiger partial charge in [0, 0.05) is 41.1 Å². The first-order valence-electron chi connectivity index (χ1n) is 10.1. The fourth-order valence-corrected chi connectivity index (χ4v) is 3.93. The lowest BCUT2D eigenvalue weighted by Gasteiger charge is -2.12. The van der Waals surface area contributed by atoms with Crippen LogP contribution in [0.25, 0.3) is 39.2 Å². The molecule has 0 amide bonds. The Balaban J connectivity index is 1.61. The molecule has 0 bridgehead atoms. The second kappa shape index (κ2) is 7.85. The lowest BCUT2D eigenvalue weighted by atomic mass is 9.96. The number of halogens is 2. The van der Waals surface area contributed by atoms with Crippen LogP contribution in [0.1, 0.15) is 11.4 Å². The Hall–Kier alpha value is -4.13. The number of hydrogen-bond donors (Lipinski definition) is 1. The van der Waals surface area contributed by atoms with Gasteiger partial charge in [-0.2, -0.15) is 10.2 Å². The third-order valence-electron chi connectivity index (χ3n) is 5.44. The summed E-state index contributed by atoms with van der Waals surface area (Å²) < 4.78 is 32.3. The van der Waals surface area contributed by atoms with E-state index >= 15 is 8.78 Å². The second-order valence-corrected chi connectivity index (χ2v) is 7.56. The fourth-order valence-electron chi connectivity index (χ4n) is 3.93. The summed E-state index contributed by atoms with van der Waals surface area (Å²) in [5.74, 6) is -1.29. The zero-order chi connectivity index (χ0) is 22.2. The number of hydrogen-bond acceptors (Lipinski definition) is 3. The molecular formula is C25H19F2N5. The van der Waals surface area contributed by atoms with Gasteiger partial charge in [0.05, 0.1) is 11.3 Å². The molecule has 0 aliphatic rings. The normalized spacial score (nSPS) is 11.1. The molecule has 0 aliphatic heterocycles. The van der Waals surface area contributed by atoms with Gasteiger partial charge < -0.3 is 0 Å². The van der Waals surface area contributed by atoms with Crippen molar-refractivity contribution in [2.75, 3.05) is 0 Å². The van der Waals surface area contributed by atoms with Crippen LogP contribution in [0.15, 0.2) is 73.2 Å². The first kappa shape index (κ1) is 19.8. The summed E-state index contributed by atoms with van der Waals surface area (Å²) in [7, 11) is 0. The number of nitrogens with one attached hydrogen (secondary N) is 1. The number of rotatable bonds is 4. The maximum absolute atomic E-state index is 15.3. The summed E-state index contributed by atoms with van der Waals surface area (Å²) in [6.45, 7) is 3.75. The van der Waals surface area contributed by atoms with Crippen LogP contribution in [-0.4, -0.2) is 25.0 Å². The number of aryl methyl sites for hydroxylation is 2. The van der Waals surface area contributed by atoms with E-state index in [1.807, 2.05) is 38.1 Å². The monoisotopic (exact) mass is 427 g/mol. The van der Waals surface area contributed by atoms with Crippen molar-refractivity contribution in [3.63, 3.8) is 0 Å². The quantitative estimate of drug-likeness (QED) is 0.389. The molecule has 32 heavy (non-hydrogen) atoms. The van der Waals surface area contributed by atoms with E-state index < -0.39 is 11.6 Å². The number of pyridine rings is 1. The Kier molecular flexibility index (Phi) is 4.86. The van der Waals surface area contributed by atoms with Crippen molar-refractivity contribution >= 4 is 0 Å². The molecule has 0 unspecified atom stereocenters. The maximum atomic E-state index is 15.3. The Bertz CT molecular complexity index is 1400. The zero-order valence-corrected chi connectivity index (χ0v) is 17.5. The van der Waals surface area contributed by atoms with E-state index in [-0.39, 0.29) is 5.56 Å². The summed E-state index contributed by atoms with van der Waals surface area (Å²) in [6.07, 6.45) is 5.00. The molecule has 3 aromatic heterocycles. The summed E-state index contributed by atoms with van der Waals surface area (Å²) >= 11 is 0. The standard InChI is InChI=1S/C25H19F2N5/c1-15-6-11-29-32(15)20-5-3-4-18(12-20)24-21(26)13-19(14-22(24)27)23-16(2)30-31-25(23)17-7-9-28-10-8-17/h3-14H,1-2H3,(H,30,31). The summed E-state index contributed by atoms with van der Waals surface area (Å²) in [6, 6.07) is 15.2. The molecule has 2 aromatic carbocycles. The highest BCUT2D eigenvalue weighted by Crippen LogP contribution is 2.37. The van der Waals surface area contributed by atoms with Gasteiger partial charge in [0.2, 0.25) is 0 Å². The third-order valence-corrected chi connectivity index (χ3v) is 5.44. The van der Waals surface area contributed by atoms with Crippen LogP contribution >= 0.6 is 0 Å². The average molecular weight is 427 g/mol. The minimum absolute atomic E-state index is 0.0768. The molecule has 0 saturated carbocycles. The molecule has 0 radical (unpaired) electrons. The predicted octanol–water partition coefficient (Wildman–Crippen LogP) is 5.89. The van der Waals surface area contributed by atoms with Gasteiger partial charge in [-0.15, -0.1) is 0 Å². The SMILES string of the molecule is Cc1[nH]nc(-c2ccncc2)c1-c1cc(F)c(-c2cccc(-n3nccc3C)c2)c(F)c1. The van der Waals surface area contributed by atoms with Crippen molar-refractivity contribution in [2.24, 2.45) is 0 Å². The van der Waals surface area contributed by atoms with E-state index in [2.05, 4.69) is 20.3 Å². The van der Waals surface area contributed by atoms with Crippen LogP contribution < -0.4 is 0 Å². The highest BCUT2D eigenvalue weighted by atomic mass is 19.1. The topological polar surface area (TPSA) is 59.4 Å². The Labute approximate surface area is 183 Å². The molecule has 0 saturated heterocycles. The molecule has 0 spiro atoms. The van der Waals surface area contributed by atoms with Crippen molar-refractivity contribution < 1.29 is 8.78 Å². The molecule has 0 atom stereocenters. The molecule has 7 heteroatoms. The van der Waals surface area contributed by atoms with Gasteiger partial charge in [-0.05, 0) is 67.4 Å². The summed E-state index contributed by atoms with van der Waals surface area (Å²) in [5, 5.41) is 11.5. The number of aromatic nitrogens is 5. The number of benzene rings is 2. The molecule has 3 heterocycles. The Morgan fingerprint density at radius 1 is 0.781 bits per heavy atom. The van der Waals surface area contributed by atoms with Crippen molar-refractivity contribution in [3.8, 4) is 39.2 Å². The van der Waals surface area contributed by atoms with Crippen LogP contribution in [0.5, 0.6) is 0 Å². The number of aromatic amines is 1. The fraction of sp³-hybridized carbons (Fsp3) is 0.0800. The first-order valence-corrected chi connectivity index (χ1v) is 10.1. The smallest absolute Gasteiger partial charge is 0.134 e. The van der Waals surface area contributed by atoms with Gasteiger partial charge in [0.25, 0.3) is 0 Å². The number of nitrogens with zero attached hydrogens (tertiary/aromatic N) is 4. The molecular weight excluding hydrogens is 408 g/mol. The zero-order valence-electron chi connectivity index (χ0n) is 17.5. The van der Waals surface area contributed by atoms with Gasteiger partial charge in [0.15, 0.2) is 0 Å². The number of H-pyrrole nitrogens is 1. The first-order chi connectivity index (χ1) is 15.5. The van der Waals surface area contributed by atoms with Crippen molar-refractivity contribution in [1.29, 1.82) is 0 Å². The van der Waals surface area contributed by atoms with Gasteiger partial charge >= 0.3 is 0 Å². The Morgan fingerprint density at radius 2 is 1.53 bits per heavy atom. The molecule has 5 rings (SSSR count). The van der Waals surface area contributed by atoms with E-state index in [1.165, 1.54) is 12.1 Å². The largest absolute Gasteiger partial charge is 0.282 e. The lowest BCUT2D eigenvalue weighted by molar-refractivity contribution is 0.590. The summed E-state index contributed by atoms with van der Waals surface area (Å²) in [5.41, 5.74) is 5.25. The van der Waals surface area contributed by atoms with E-state index in [0.29, 0.717) is 22.4 Å². The molecule has 0 aliphatic carbocycles. The highest BCUT2D eigenvalue weighted by molar-refractivity contribution is 5.83. The van der Waals surface area contributed by atoms with Crippen molar-refractivity contribution in [1.82, 2.24) is 25.0 Å². The van der Waals surface area contributed by atoms with Crippen LogP contribution in [-0.2, 0) is 0 Å². The minimum atomic E-state index is -0.643.